The SMILES string of the molecule is c1ccc(C2O[O][Sn]([c]3ccccc3)([c]3ccccc3)[O]2)cc1. The van der Waals surface area contributed by atoms with Gasteiger partial charge in [-0.05, 0) is 0 Å². The summed E-state index contributed by atoms with van der Waals surface area (Å²) in [6, 6.07) is 30.2. The van der Waals surface area contributed by atoms with Crippen molar-refractivity contribution in [1.82, 2.24) is 0 Å². The summed E-state index contributed by atoms with van der Waals surface area (Å²) >= 11 is -3.77. The summed E-state index contributed by atoms with van der Waals surface area (Å²) in [5, 5.41) is 0. The average molecular weight is 411 g/mol. The first-order chi connectivity index (χ1) is 11.4. The van der Waals surface area contributed by atoms with Crippen molar-refractivity contribution < 1.29 is 11.2 Å². The molecule has 1 atom stereocenters. The van der Waals surface area contributed by atoms with E-state index in [0.717, 1.165) is 12.7 Å². The number of rotatable bonds is 3. The quantitative estimate of drug-likeness (QED) is 0.490. The van der Waals surface area contributed by atoms with Gasteiger partial charge in [0.1, 0.15) is 0 Å². The molecule has 0 bridgehead atoms. The van der Waals surface area contributed by atoms with Crippen molar-refractivity contribution in [3.8, 4) is 0 Å². The molecule has 3 aromatic rings. The maximum absolute atomic E-state index is 6.47. The van der Waals surface area contributed by atoms with Crippen LogP contribution in [0.2, 0.25) is 0 Å². The van der Waals surface area contributed by atoms with E-state index in [1.807, 2.05) is 66.7 Å². The summed E-state index contributed by atoms with van der Waals surface area (Å²) in [4.78, 5) is 5.63. The van der Waals surface area contributed by atoms with Crippen LogP contribution in [0.3, 0.4) is 0 Å². The van der Waals surface area contributed by atoms with Crippen molar-refractivity contribution in [2.75, 3.05) is 0 Å². The van der Waals surface area contributed by atoms with Crippen LogP contribution in [0.15, 0.2) is 91.0 Å². The normalized spacial score (nSPS) is 19.6. The van der Waals surface area contributed by atoms with Crippen LogP contribution in [-0.4, -0.2) is 19.2 Å². The molecule has 0 saturated carbocycles. The van der Waals surface area contributed by atoms with Crippen LogP contribution in [0.5, 0.6) is 0 Å². The zero-order valence-corrected chi connectivity index (χ0v) is 15.3. The van der Waals surface area contributed by atoms with Gasteiger partial charge in [-0.3, -0.25) is 0 Å². The minimum atomic E-state index is -3.77. The molecule has 0 aliphatic carbocycles. The molecule has 1 aliphatic heterocycles. The second-order valence-corrected chi connectivity index (χ2v) is 13.4. The molecule has 0 spiro atoms. The average Bonchev–Trinajstić information content (AvgIpc) is 3.11. The van der Waals surface area contributed by atoms with Gasteiger partial charge >= 0.3 is 140 Å². The summed E-state index contributed by atoms with van der Waals surface area (Å²) in [6.07, 6.45) is -0.479. The fourth-order valence-corrected chi connectivity index (χ4v) is 10.7. The van der Waals surface area contributed by atoms with Gasteiger partial charge in [-0.15, -0.1) is 0 Å². The molecule has 3 aromatic carbocycles. The number of hydrogen-bond donors (Lipinski definition) is 0. The van der Waals surface area contributed by atoms with Crippen LogP contribution >= 0.6 is 0 Å². The van der Waals surface area contributed by atoms with Crippen LogP contribution in [0.25, 0.3) is 0 Å². The van der Waals surface area contributed by atoms with Gasteiger partial charge in [0, 0.05) is 0 Å². The molecular weight excluding hydrogens is 395 g/mol. The first kappa shape index (κ1) is 14.9. The Kier molecular flexibility index (Phi) is 4.18. The van der Waals surface area contributed by atoms with Crippen molar-refractivity contribution in [3.05, 3.63) is 96.6 Å². The van der Waals surface area contributed by atoms with E-state index >= 15 is 0 Å². The van der Waals surface area contributed by atoms with E-state index in [9.17, 15) is 0 Å². The summed E-state index contributed by atoms with van der Waals surface area (Å²) in [5.41, 5.74) is 0.970. The van der Waals surface area contributed by atoms with E-state index < -0.39 is 25.5 Å². The molecule has 0 amide bonds. The molecule has 0 radical (unpaired) electrons. The fraction of sp³-hybridized carbons (Fsp3) is 0.0526. The Hall–Kier alpha value is -1.66. The van der Waals surface area contributed by atoms with Gasteiger partial charge in [0.05, 0.1) is 0 Å². The minimum absolute atomic E-state index is 0.479. The Morgan fingerprint density at radius 3 is 1.61 bits per heavy atom. The molecule has 1 fully saturated rings. The number of hydrogen-bond acceptors (Lipinski definition) is 3. The third kappa shape index (κ3) is 2.81. The van der Waals surface area contributed by atoms with Gasteiger partial charge in [-0.2, -0.15) is 0 Å². The summed E-state index contributed by atoms with van der Waals surface area (Å²) in [6.45, 7) is 0. The van der Waals surface area contributed by atoms with Crippen molar-refractivity contribution in [3.63, 3.8) is 0 Å². The van der Waals surface area contributed by atoms with E-state index in [-0.39, 0.29) is 0 Å². The van der Waals surface area contributed by atoms with Crippen molar-refractivity contribution in [1.29, 1.82) is 0 Å². The fourth-order valence-electron chi connectivity index (χ4n) is 2.75. The third-order valence-electron chi connectivity index (χ3n) is 3.91. The van der Waals surface area contributed by atoms with Crippen LogP contribution in [0, 0.1) is 0 Å². The van der Waals surface area contributed by atoms with E-state index in [4.69, 9.17) is 11.2 Å². The first-order valence-corrected chi connectivity index (χ1v) is 12.8. The molecule has 1 heterocycles. The monoisotopic (exact) mass is 412 g/mol. The summed E-state index contributed by atoms with van der Waals surface area (Å²) in [5.74, 6) is 0. The second-order valence-electron chi connectivity index (χ2n) is 5.39. The summed E-state index contributed by atoms with van der Waals surface area (Å²) < 4.78 is 14.6. The van der Waals surface area contributed by atoms with Crippen molar-refractivity contribution in [2.45, 2.75) is 6.29 Å². The molecule has 4 rings (SSSR count). The summed E-state index contributed by atoms with van der Waals surface area (Å²) in [7, 11) is 0. The molecule has 114 valence electrons. The number of benzene rings is 3. The van der Waals surface area contributed by atoms with Crippen molar-refractivity contribution >= 4 is 26.4 Å². The topological polar surface area (TPSA) is 27.7 Å². The van der Waals surface area contributed by atoms with Crippen molar-refractivity contribution in [2.24, 2.45) is 0 Å². The van der Waals surface area contributed by atoms with Crippen LogP contribution in [-0.2, 0) is 11.2 Å². The Labute approximate surface area is 140 Å². The Morgan fingerprint density at radius 1 is 0.609 bits per heavy atom. The Bertz CT molecular complexity index is 723. The molecule has 23 heavy (non-hydrogen) atoms. The Morgan fingerprint density at radius 2 is 1.09 bits per heavy atom. The molecule has 0 N–H and O–H groups in total. The van der Waals surface area contributed by atoms with Gasteiger partial charge in [-0.25, -0.2) is 0 Å². The molecule has 1 unspecified atom stereocenters. The predicted octanol–water partition coefficient (Wildman–Crippen LogP) is 2.92. The molecule has 0 aromatic heterocycles. The molecule has 4 heteroatoms. The van der Waals surface area contributed by atoms with E-state index in [1.54, 1.807) is 0 Å². The molecule has 1 saturated heterocycles. The van der Waals surface area contributed by atoms with E-state index in [1.165, 1.54) is 0 Å². The maximum atomic E-state index is 6.47. The second kappa shape index (κ2) is 6.45. The van der Waals surface area contributed by atoms with E-state index in [0.29, 0.717) is 0 Å². The molecule has 1 aliphatic rings. The van der Waals surface area contributed by atoms with Gasteiger partial charge in [-0.1, -0.05) is 0 Å². The van der Waals surface area contributed by atoms with E-state index in [2.05, 4.69) is 24.3 Å². The predicted molar refractivity (Wildman–Crippen MR) is 90.3 cm³/mol. The van der Waals surface area contributed by atoms with Gasteiger partial charge in [0.2, 0.25) is 0 Å². The van der Waals surface area contributed by atoms with Gasteiger partial charge in [0.15, 0.2) is 0 Å². The zero-order chi connectivity index (χ0) is 15.5. The standard InChI is InChI=1S/C7H7O3.2C6H5.Sn/c8-7(10-9)6-4-2-1-3-5-6;2*1-2-4-6-5-3-1;/h1-5,7,9H;2*1-5H;/q-1;;;+2/p-1. The third-order valence-corrected chi connectivity index (χ3v) is 12.6. The molecular formula is C19H16O3Sn. The van der Waals surface area contributed by atoms with Crippen LogP contribution in [0.4, 0.5) is 0 Å². The van der Waals surface area contributed by atoms with Crippen LogP contribution in [0.1, 0.15) is 11.9 Å². The zero-order valence-electron chi connectivity index (χ0n) is 12.5. The van der Waals surface area contributed by atoms with Crippen LogP contribution < -0.4 is 7.16 Å². The first-order valence-electron chi connectivity index (χ1n) is 7.57. The Balaban J connectivity index is 1.77. The van der Waals surface area contributed by atoms with Gasteiger partial charge in [0.25, 0.3) is 0 Å². The van der Waals surface area contributed by atoms with Gasteiger partial charge < -0.3 is 0 Å². The molecule has 3 nitrogen and oxygen atoms in total.